The predicted molar refractivity (Wildman–Crippen MR) is 62.0 cm³/mol. The van der Waals surface area contributed by atoms with Gasteiger partial charge in [0.25, 0.3) is 0 Å². The van der Waals surface area contributed by atoms with Crippen molar-refractivity contribution in [2.45, 2.75) is 31.7 Å². The third-order valence-corrected chi connectivity index (χ3v) is 3.11. The minimum Gasteiger partial charge on any atom is -0.366 e. The Hall–Kier alpha value is -0.760. The molecule has 0 spiro atoms. The van der Waals surface area contributed by atoms with Gasteiger partial charge >= 0.3 is 0 Å². The van der Waals surface area contributed by atoms with E-state index >= 15 is 0 Å². The molecule has 3 heteroatoms. The Morgan fingerprint density at radius 1 is 1.47 bits per heavy atom. The summed E-state index contributed by atoms with van der Waals surface area (Å²) in [6.07, 6.45) is 2.37. The molecule has 1 fully saturated rings. The number of benzene rings is 1. The maximum Gasteiger partial charge on any atom is 0.146 e. The van der Waals surface area contributed by atoms with Crippen molar-refractivity contribution >= 4 is 17.3 Å². The molecule has 0 radical (unpaired) electrons. The Morgan fingerprint density at radius 2 is 2.20 bits per heavy atom. The monoisotopic (exact) mass is 227 g/mol. The first kappa shape index (κ1) is 10.7. The van der Waals surface area contributed by atoms with Crippen molar-refractivity contribution in [1.29, 1.82) is 0 Å². The van der Waals surface area contributed by atoms with Crippen LogP contribution in [0.2, 0.25) is 0 Å². The summed E-state index contributed by atoms with van der Waals surface area (Å²) in [4.78, 5) is 2.13. The Balaban J connectivity index is 2.26. The van der Waals surface area contributed by atoms with Crippen LogP contribution in [0.4, 0.5) is 10.1 Å². The molecule has 0 amide bonds. The van der Waals surface area contributed by atoms with Gasteiger partial charge in [-0.25, -0.2) is 4.39 Å². The molecule has 1 aliphatic carbocycles. The smallest absolute Gasteiger partial charge is 0.146 e. The number of alkyl halides is 1. The number of rotatable bonds is 4. The molecule has 0 aliphatic heterocycles. The van der Waals surface area contributed by atoms with E-state index in [1.807, 2.05) is 12.1 Å². The van der Waals surface area contributed by atoms with Crippen LogP contribution in [0.25, 0.3) is 0 Å². The molecule has 0 unspecified atom stereocenters. The van der Waals surface area contributed by atoms with E-state index in [1.54, 1.807) is 0 Å². The molecular weight excluding hydrogens is 213 g/mol. The lowest BCUT2D eigenvalue weighted by atomic mass is 10.2. The zero-order chi connectivity index (χ0) is 10.8. The fourth-order valence-corrected chi connectivity index (χ4v) is 2.04. The highest BCUT2D eigenvalue weighted by atomic mass is 35.5. The summed E-state index contributed by atoms with van der Waals surface area (Å²) in [5.41, 5.74) is 1.55. The lowest BCUT2D eigenvalue weighted by molar-refractivity contribution is 0.616. The molecule has 0 saturated heterocycles. The molecule has 0 heterocycles. The Morgan fingerprint density at radius 3 is 2.67 bits per heavy atom. The summed E-state index contributed by atoms with van der Waals surface area (Å²) in [7, 11) is 0. The van der Waals surface area contributed by atoms with E-state index in [0.717, 1.165) is 12.1 Å². The number of anilines is 1. The zero-order valence-corrected chi connectivity index (χ0v) is 9.60. The molecule has 0 bridgehead atoms. The van der Waals surface area contributed by atoms with Gasteiger partial charge in [0.05, 0.1) is 5.69 Å². The number of halogens is 2. The van der Waals surface area contributed by atoms with Gasteiger partial charge in [-0.2, -0.15) is 0 Å². The van der Waals surface area contributed by atoms with Crippen molar-refractivity contribution in [3.8, 4) is 0 Å². The topological polar surface area (TPSA) is 3.24 Å². The lowest BCUT2D eigenvalue weighted by Gasteiger charge is -2.23. The van der Waals surface area contributed by atoms with Gasteiger partial charge in [0.1, 0.15) is 5.82 Å². The fourth-order valence-electron chi connectivity index (χ4n) is 1.88. The van der Waals surface area contributed by atoms with Crippen LogP contribution < -0.4 is 4.90 Å². The first-order valence-corrected chi connectivity index (χ1v) is 5.90. The van der Waals surface area contributed by atoms with Gasteiger partial charge in [0.2, 0.25) is 0 Å². The van der Waals surface area contributed by atoms with Gasteiger partial charge in [0.15, 0.2) is 0 Å². The maximum absolute atomic E-state index is 13.8. The van der Waals surface area contributed by atoms with Crippen LogP contribution in [0.3, 0.4) is 0 Å². The summed E-state index contributed by atoms with van der Waals surface area (Å²) in [5, 5.41) is 0. The Kier molecular flexibility index (Phi) is 3.15. The highest BCUT2D eigenvalue weighted by Gasteiger charge is 2.29. The molecule has 1 saturated carbocycles. The van der Waals surface area contributed by atoms with E-state index in [4.69, 9.17) is 11.6 Å². The van der Waals surface area contributed by atoms with Crippen LogP contribution in [0.1, 0.15) is 25.3 Å². The highest BCUT2D eigenvalue weighted by Crippen LogP contribution is 2.33. The number of nitrogens with zero attached hydrogens (tertiary/aromatic N) is 1. The number of hydrogen-bond donors (Lipinski definition) is 0. The van der Waals surface area contributed by atoms with E-state index in [-0.39, 0.29) is 5.82 Å². The van der Waals surface area contributed by atoms with Crippen molar-refractivity contribution < 1.29 is 4.39 Å². The third-order valence-electron chi connectivity index (χ3n) is 2.80. The second-order valence-corrected chi connectivity index (χ2v) is 4.20. The van der Waals surface area contributed by atoms with Gasteiger partial charge in [-0.1, -0.05) is 6.07 Å². The summed E-state index contributed by atoms with van der Waals surface area (Å²) < 4.78 is 13.8. The van der Waals surface area contributed by atoms with Crippen LogP contribution in [0, 0.1) is 5.82 Å². The van der Waals surface area contributed by atoms with E-state index in [2.05, 4.69) is 11.8 Å². The van der Waals surface area contributed by atoms with E-state index < -0.39 is 0 Å². The standard InChI is InChI=1S/C12H15ClFN/c1-2-15(10-4-5-10)12-6-3-9(8-13)7-11(12)14/h3,6-7,10H,2,4-5,8H2,1H3. The van der Waals surface area contributed by atoms with Crippen molar-refractivity contribution in [3.05, 3.63) is 29.6 Å². The molecule has 0 N–H and O–H groups in total. The molecule has 1 aromatic rings. The second-order valence-electron chi connectivity index (χ2n) is 3.94. The molecule has 1 nitrogen and oxygen atoms in total. The SMILES string of the molecule is CCN(c1ccc(CCl)cc1F)C1CC1. The van der Waals surface area contributed by atoms with Crippen LogP contribution in [-0.4, -0.2) is 12.6 Å². The minimum absolute atomic E-state index is 0.151. The quantitative estimate of drug-likeness (QED) is 0.711. The highest BCUT2D eigenvalue weighted by molar-refractivity contribution is 6.17. The van der Waals surface area contributed by atoms with Crippen molar-refractivity contribution in [2.24, 2.45) is 0 Å². The first-order valence-electron chi connectivity index (χ1n) is 5.37. The van der Waals surface area contributed by atoms with Gasteiger partial charge in [-0.3, -0.25) is 0 Å². The van der Waals surface area contributed by atoms with E-state index in [0.29, 0.717) is 17.6 Å². The molecule has 1 aromatic carbocycles. The molecular formula is C12H15ClFN. The Bertz CT molecular complexity index is 349. The Labute approximate surface area is 94.8 Å². The average molecular weight is 228 g/mol. The maximum atomic E-state index is 13.8. The lowest BCUT2D eigenvalue weighted by Crippen LogP contribution is -2.25. The van der Waals surface area contributed by atoms with E-state index in [1.165, 1.54) is 18.9 Å². The summed E-state index contributed by atoms with van der Waals surface area (Å²) >= 11 is 5.66. The molecule has 1 aliphatic rings. The average Bonchev–Trinajstić information content (AvgIpc) is 3.05. The predicted octanol–water partition coefficient (Wildman–Crippen LogP) is 3.55. The van der Waals surface area contributed by atoms with Crippen LogP contribution in [0.5, 0.6) is 0 Å². The third kappa shape index (κ3) is 2.25. The van der Waals surface area contributed by atoms with Crippen LogP contribution >= 0.6 is 11.6 Å². The molecule has 0 atom stereocenters. The normalized spacial score (nSPS) is 15.4. The van der Waals surface area contributed by atoms with Crippen LogP contribution in [-0.2, 0) is 5.88 Å². The van der Waals surface area contributed by atoms with Crippen molar-refractivity contribution in [3.63, 3.8) is 0 Å². The fraction of sp³-hybridized carbons (Fsp3) is 0.500. The summed E-state index contributed by atoms with van der Waals surface area (Å²) in [6.45, 7) is 2.93. The van der Waals surface area contributed by atoms with Gasteiger partial charge in [0, 0.05) is 18.5 Å². The molecule has 2 rings (SSSR count). The van der Waals surface area contributed by atoms with Crippen molar-refractivity contribution in [2.75, 3.05) is 11.4 Å². The van der Waals surface area contributed by atoms with Gasteiger partial charge in [-0.05, 0) is 37.5 Å². The van der Waals surface area contributed by atoms with Gasteiger partial charge in [-0.15, -0.1) is 11.6 Å². The first-order chi connectivity index (χ1) is 7.26. The zero-order valence-electron chi connectivity index (χ0n) is 8.84. The second kappa shape index (κ2) is 4.40. The largest absolute Gasteiger partial charge is 0.366 e. The van der Waals surface area contributed by atoms with Gasteiger partial charge < -0.3 is 4.90 Å². The number of hydrogen-bond acceptors (Lipinski definition) is 1. The summed E-state index contributed by atoms with van der Waals surface area (Å²) in [6, 6.07) is 5.82. The van der Waals surface area contributed by atoms with E-state index in [9.17, 15) is 4.39 Å². The molecule has 15 heavy (non-hydrogen) atoms. The van der Waals surface area contributed by atoms with Crippen LogP contribution in [0.15, 0.2) is 18.2 Å². The molecule has 82 valence electrons. The minimum atomic E-state index is -0.151. The molecule has 0 aromatic heterocycles. The summed E-state index contributed by atoms with van der Waals surface area (Å²) in [5.74, 6) is 0.217. The van der Waals surface area contributed by atoms with Crippen molar-refractivity contribution in [1.82, 2.24) is 0 Å².